The fraction of sp³-hybridized carbons (Fsp3) is 0. The van der Waals surface area contributed by atoms with Gasteiger partial charge in [-0.15, -0.1) is 0 Å². The highest BCUT2D eigenvalue weighted by molar-refractivity contribution is 6.05. The molecule has 0 aromatic heterocycles. The number of primary amides is 1. The van der Waals surface area contributed by atoms with E-state index in [2.05, 4.69) is 5.32 Å². The van der Waals surface area contributed by atoms with E-state index in [9.17, 15) is 14.0 Å². The van der Waals surface area contributed by atoms with Crippen molar-refractivity contribution in [3.63, 3.8) is 0 Å². The second-order valence-electron chi connectivity index (χ2n) is 3.91. The van der Waals surface area contributed by atoms with Crippen LogP contribution in [-0.2, 0) is 0 Å². The summed E-state index contributed by atoms with van der Waals surface area (Å²) < 4.78 is 13.0. The number of carbonyl (C=O) groups is 2. The van der Waals surface area contributed by atoms with Crippen LogP contribution in [0.25, 0.3) is 0 Å². The summed E-state index contributed by atoms with van der Waals surface area (Å²) in [7, 11) is 0. The van der Waals surface area contributed by atoms with Crippen molar-refractivity contribution in [1.29, 1.82) is 0 Å². The summed E-state index contributed by atoms with van der Waals surface area (Å²) in [6.45, 7) is 0. The Balaban J connectivity index is 2.19. The molecule has 2 amide bonds. The number of hydrogen-bond acceptors (Lipinski definition) is 2. The molecule has 0 fully saturated rings. The van der Waals surface area contributed by atoms with Gasteiger partial charge in [-0.1, -0.05) is 12.1 Å². The Labute approximate surface area is 109 Å². The van der Waals surface area contributed by atoms with Gasteiger partial charge in [0.1, 0.15) is 5.82 Å². The molecule has 0 saturated heterocycles. The smallest absolute Gasteiger partial charge is 0.255 e. The molecule has 4 nitrogen and oxygen atoms in total. The summed E-state index contributed by atoms with van der Waals surface area (Å²) in [5, 5.41) is 2.57. The second-order valence-corrected chi connectivity index (χ2v) is 3.91. The summed E-state index contributed by atoms with van der Waals surface area (Å²) >= 11 is 0. The van der Waals surface area contributed by atoms with E-state index < -0.39 is 17.6 Å². The summed E-state index contributed by atoms with van der Waals surface area (Å²) in [6.07, 6.45) is 0. The molecule has 0 unspecified atom stereocenters. The number of nitrogens with one attached hydrogen (secondary N) is 1. The van der Waals surface area contributed by atoms with Gasteiger partial charge in [-0.2, -0.15) is 0 Å². The van der Waals surface area contributed by atoms with Crippen molar-refractivity contribution in [3.05, 3.63) is 65.5 Å². The normalized spacial score (nSPS) is 9.95. The molecular weight excluding hydrogens is 247 g/mol. The van der Waals surface area contributed by atoms with Gasteiger partial charge in [0.25, 0.3) is 5.91 Å². The maximum absolute atomic E-state index is 13.0. The van der Waals surface area contributed by atoms with E-state index in [1.807, 2.05) is 0 Å². The van der Waals surface area contributed by atoms with Gasteiger partial charge < -0.3 is 11.1 Å². The fourth-order valence-electron chi connectivity index (χ4n) is 1.58. The topological polar surface area (TPSA) is 72.2 Å². The van der Waals surface area contributed by atoms with E-state index in [-0.39, 0.29) is 11.1 Å². The quantitative estimate of drug-likeness (QED) is 0.885. The number of benzene rings is 2. The van der Waals surface area contributed by atoms with Crippen LogP contribution in [0.15, 0.2) is 48.5 Å². The zero-order valence-corrected chi connectivity index (χ0v) is 9.89. The minimum atomic E-state index is -0.582. The van der Waals surface area contributed by atoms with E-state index >= 15 is 0 Å². The van der Waals surface area contributed by atoms with Crippen molar-refractivity contribution in [1.82, 2.24) is 0 Å². The van der Waals surface area contributed by atoms with Gasteiger partial charge in [0, 0.05) is 16.8 Å². The van der Waals surface area contributed by atoms with E-state index in [0.717, 1.165) is 6.07 Å². The minimum Gasteiger partial charge on any atom is -0.366 e. The molecule has 19 heavy (non-hydrogen) atoms. The van der Waals surface area contributed by atoms with Crippen molar-refractivity contribution >= 4 is 17.5 Å². The minimum absolute atomic E-state index is 0.199. The summed E-state index contributed by atoms with van der Waals surface area (Å²) in [5.74, 6) is -1.53. The lowest BCUT2D eigenvalue weighted by atomic mass is 10.1. The van der Waals surface area contributed by atoms with Crippen molar-refractivity contribution < 1.29 is 14.0 Å². The predicted octanol–water partition coefficient (Wildman–Crippen LogP) is 2.18. The first-order valence-electron chi connectivity index (χ1n) is 5.53. The van der Waals surface area contributed by atoms with Crippen LogP contribution in [-0.4, -0.2) is 11.8 Å². The zero-order valence-electron chi connectivity index (χ0n) is 9.89. The lowest BCUT2D eigenvalue weighted by Gasteiger charge is -2.06. The Morgan fingerprint density at radius 1 is 1.00 bits per heavy atom. The van der Waals surface area contributed by atoms with Crippen LogP contribution in [0.1, 0.15) is 20.7 Å². The highest BCUT2D eigenvalue weighted by atomic mass is 19.1. The van der Waals surface area contributed by atoms with Crippen LogP contribution in [0.5, 0.6) is 0 Å². The molecule has 0 aliphatic rings. The Bertz CT molecular complexity index is 641. The molecule has 5 heteroatoms. The number of rotatable bonds is 3. The van der Waals surface area contributed by atoms with Crippen LogP contribution < -0.4 is 11.1 Å². The van der Waals surface area contributed by atoms with Crippen LogP contribution >= 0.6 is 0 Å². The molecular formula is C14H11FN2O2. The monoisotopic (exact) mass is 258 g/mol. The number of hydrogen-bond donors (Lipinski definition) is 2. The number of amides is 2. The number of carbonyl (C=O) groups excluding carboxylic acids is 2. The van der Waals surface area contributed by atoms with Gasteiger partial charge >= 0.3 is 0 Å². The largest absolute Gasteiger partial charge is 0.366 e. The molecule has 0 heterocycles. The first kappa shape index (κ1) is 12.8. The Kier molecular flexibility index (Phi) is 3.56. The molecule has 0 bridgehead atoms. The average Bonchev–Trinajstić information content (AvgIpc) is 2.39. The van der Waals surface area contributed by atoms with Crippen LogP contribution in [0.2, 0.25) is 0 Å². The highest BCUT2D eigenvalue weighted by Gasteiger charge is 2.08. The van der Waals surface area contributed by atoms with Crippen molar-refractivity contribution in [2.75, 3.05) is 5.32 Å². The van der Waals surface area contributed by atoms with Gasteiger partial charge in [-0.3, -0.25) is 9.59 Å². The van der Waals surface area contributed by atoms with E-state index in [1.165, 1.54) is 24.3 Å². The van der Waals surface area contributed by atoms with Crippen LogP contribution in [0, 0.1) is 5.82 Å². The molecule has 2 aromatic carbocycles. The maximum Gasteiger partial charge on any atom is 0.255 e. The molecule has 2 aromatic rings. The van der Waals surface area contributed by atoms with Gasteiger partial charge in [0.15, 0.2) is 0 Å². The Morgan fingerprint density at radius 3 is 2.37 bits per heavy atom. The van der Waals surface area contributed by atoms with Crippen molar-refractivity contribution in [2.45, 2.75) is 0 Å². The van der Waals surface area contributed by atoms with E-state index in [4.69, 9.17) is 5.73 Å². The third-order valence-electron chi connectivity index (χ3n) is 2.49. The van der Waals surface area contributed by atoms with Gasteiger partial charge in [0.2, 0.25) is 5.91 Å². The SMILES string of the molecule is NC(=O)c1cccc(NC(=O)c2cccc(F)c2)c1. The number of nitrogens with two attached hydrogens (primary N) is 1. The first-order chi connectivity index (χ1) is 9.06. The number of anilines is 1. The van der Waals surface area contributed by atoms with E-state index in [1.54, 1.807) is 18.2 Å². The van der Waals surface area contributed by atoms with Gasteiger partial charge in [-0.25, -0.2) is 4.39 Å². The molecule has 96 valence electrons. The van der Waals surface area contributed by atoms with Crippen molar-refractivity contribution in [3.8, 4) is 0 Å². The molecule has 2 rings (SSSR count). The molecule has 0 spiro atoms. The molecule has 0 atom stereocenters. The number of halogens is 1. The zero-order chi connectivity index (χ0) is 13.8. The lowest BCUT2D eigenvalue weighted by molar-refractivity contribution is 0.0996. The standard InChI is InChI=1S/C14H11FN2O2/c15-11-5-1-4-10(7-11)14(19)17-12-6-2-3-9(8-12)13(16)18/h1-8H,(H2,16,18)(H,17,19). The van der Waals surface area contributed by atoms with Crippen LogP contribution in [0.3, 0.4) is 0 Å². The summed E-state index contributed by atoms with van der Waals surface area (Å²) in [6, 6.07) is 11.5. The molecule has 0 aliphatic carbocycles. The van der Waals surface area contributed by atoms with Crippen molar-refractivity contribution in [2.24, 2.45) is 5.73 Å². The Morgan fingerprint density at radius 2 is 1.68 bits per heavy atom. The Hall–Kier alpha value is -2.69. The maximum atomic E-state index is 13.0. The van der Waals surface area contributed by atoms with E-state index in [0.29, 0.717) is 5.69 Å². The molecule has 3 N–H and O–H groups in total. The molecule has 0 radical (unpaired) electrons. The van der Waals surface area contributed by atoms with Crippen LogP contribution in [0.4, 0.5) is 10.1 Å². The summed E-state index contributed by atoms with van der Waals surface area (Å²) in [5.41, 5.74) is 6.05. The summed E-state index contributed by atoms with van der Waals surface area (Å²) in [4.78, 5) is 22.9. The first-order valence-corrected chi connectivity index (χ1v) is 5.53. The highest BCUT2D eigenvalue weighted by Crippen LogP contribution is 2.12. The fourth-order valence-corrected chi connectivity index (χ4v) is 1.58. The second kappa shape index (κ2) is 5.30. The van der Waals surface area contributed by atoms with Gasteiger partial charge in [0.05, 0.1) is 0 Å². The van der Waals surface area contributed by atoms with Gasteiger partial charge in [-0.05, 0) is 36.4 Å². The predicted molar refractivity (Wildman–Crippen MR) is 69.3 cm³/mol. The third-order valence-corrected chi connectivity index (χ3v) is 2.49. The lowest BCUT2D eigenvalue weighted by Crippen LogP contribution is -2.14. The molecule has 0 aliphatic heterocycles. The third kappa shape index (κ3) is 3.16. The average molecular weight is 258 g/mol. The molecule has 0 saturated carbocycles.